The molecule has 3 rings (SSSR count). The number of piperidine rings is 1. The lowest BCUT2D eigenvalue weighted by Gasteiger charge is -2.36. The Bertz CT molecular complexity index is 816. The zero-order chi connectivity index (χ0) is 19.6. The number of carbonyl (C=O) groups excluding carboxylic acids is 1. The normalized spacial score (nSPS) is 18.5. The molecule has 8 heteroatoms. The van der Waals surface area contributed by atoms with Crippen LogP contribution >= 0.6 is 0 Å². The number of hydrogen-bond acceptors (Lipinski definition) is 3. The minimum absolute atomic E-state index is 0.0395. The molecule has 5 nitrogen and oxygen atoms in total. The van der Waals surface area contributed by atoms with Crippen LogP contribution in [0.4, 0.5) is 13.2 Å². The Balaban J connectivity index is 1.90. The SMILES string of the molecule is CNC(=O)c1ccc(C2CCCCN2Cc2ncccc2C(F)(F)F)n1C. The summed E-state index contributed by atoms with van der Waals surface area (Å²) < 4.78 is 41.8. The van der Waals surface area contributed by atoms with Gasteiger partial charge in [0.15, 0.2) is 0 Å². The van der Waals surface area contributed by atoms with E-state index < -0.39 is 11.7 Å². The van der Waals surface area contributed by atoms with Gasteiger partial charge in [-0.2, -0.15) is 13.2 Å². The van der Waals surface area contributed by atoms with E-state index in [2.05, 4.69) is 10.3 Å². The number of aromatic nitrogens is 2. The van der Waals surface area contributed by atoms with E-state index in [0.29, 0.717) is 12.2 Å². The first-order valence-electron chi connectivity index (χ1n) is 8.95. The van der Waals surface area contributed by atoms with Crippen LogP contribution in [0.25, 0.3) is 0 Å². The summed E-state index contributed by atoms with van der Waals surface area (Å²) >= 11 is 0. The third kappa shape index (κ3) is 4.00. The van der Waals surface area contributed by atoms with Crippen LogP contribution in [0.5, 0.6) is 0 Å². The molecule has 2 aromatic rings. The molecule has 1 N–H and O–H groups in total. The maximum atomic E-state index is 13.3. The smallest absolute Gasteiger partial charge is 0.354 e. The summed E-state index contributed by atoms with van der Waals surface area (Å²) in [5.41, 5.74) is 0.814. The van der Waals surface area contributed by atoms with Gasteiger partial charge >= 0.3 is 6.18 Å². The first-order valence-corrected chi connectivity index (χ1v) is 8.95. The third-order valence-corrected chi connectivity index (χ3v) is 5.12. The number of hydrogen-bond donors (Lipinski definition) is 1. The van der Waals surface area contributed by atoms with Gasteiger partial charge in [0, 0.05) is 32.5 Å². The highest BCUT2D eigenvalue weighted by molar-refractivity contribution is 5.92. The van der Waals surface area contributed by atoms with Crippen molar-refractivity contribution >= 4 is 5.91 Å². The number of rotatable bonds is 4. The molecule has 3 heterocycles. The van der Waals surface area contributed by atoms with Crippen molar-refractivity contribution < 1.29 is 18.0 Å². The van der Waals surface area contributed by atoms with E-state index in [9.17, 15) is 18.0 Å². The van der Waals surface area contributed by atoms with E-state index in [4.69, 9.17) is 0 Å². The Morgan fingerprint density at radius 3 is 2.78 bits per heavy atom. The van der Waals surface area contributed by atoms with Gasteiger partial charge in [-0.25, -0.2) is 0 Å². The monoisotopic (exact) mass is 380 g/mol. The number of carbonyl (C=O) groups is 1. The van der Waals surface area contributed by atoms with Crippen LogP contribution < -0.4 is 5.32 Å². The maximum absolute atomic E-state index is 13.3. The Kier molecular flexibility index (Phi) is 5.55. The molecule has 0 radical (unpaired) electrons. The molecule has 1 amide bonds. The van der Waals surface area contributed by atoms with E-state index in [1.165, 1.54) is 12.3 Å². The van der Waals surface area contributed by atoms with E-state index >= 15 is 0 Å². The van der Waals surface area contributed by atoms with Gasteiger partial charge in [0.2, 0.25) is 0 Å². The zero-order valence-electron chi connectivity index (χ0n) is 15.4. The topological polar surface area (TPSA) is 50.2 Å². The molecule has 1 aliphatic rings. The second-order valence-electron chi connectivity index (χ2n) is 6.76. The van der Waals surface area contributed by atoms with Gasteiger partial charge in [-0.1, -0.05) is 6.42 Å². The van der Waals surface area contributed by atoms with Gasteiger partial charge < -0.3 is 9.88 Å². The fraction of sp³-hybridized carbons (Fsp3) is 0.474. The summed E-state index contributed by atoms with van der Waals surface area (Å²) in [6, 6.07) is 5.98. The number of alkyl halides is 3. The molecule has 0 saturated carbocycles. The van der Waals surface area contributed by atoms with Gasteiger partial charge in [-0.05, 0) is 43.7 Å². The lowest BCUT2D eigenvalue weighted by atomic mass is 9.98. The van der Waals surface area contributed by atoms with Gasteiger partial charge in [-0.3, -0.25) is 14.7 Å². The largest absolute Gasteiger partial charge is 0.418 e. The predicted molar refractivity (Wildman–Crippen MR) is 95.0 cm³/mol. The highest BCUT2D eigenvalue weighted by atomic mass is 19.4. The molecule has 146 valence electrons. The fourth-order valence-corrected chi connectivity index (χ4v) is 3.75. The lowest BCUT2D eigenvalue weighted by Crippen LogP contribution is -2.35. The Morgan fingerprint density at radius 2 is 2.07 bits per heavy atom. The van der Waals surface area contributed by atoms with E-state index in [1.807, 2.05) is 22.6 Å². The molecule has 0 aliphatic carbocycles. The molecule has 1 aliphatic heterocycles. The van der Waals surface area contributed by atoms with Crippen molar-refractivity contribution in [2.45, 2.75) is 38.0 Å². The number of likely N-dealkylation sites (tertiary alicyclic amines) is 1. The van der Waals surface area contributed by atoms with Crippen LogP contribution in [0.2, 0.25) is 0 Å². The minimum atomic E-state index is -4.42. The van der Waals surface area contributed by atoms with Crippen LogP contribution in [0.3, 0.4) is 0 Å². The molecule has 0 aromatic carbocycles. The van der Waals surface area contributed by atoms with Gasteiger partial charge in [0.1, 0.15) is 5.69 Å². The fourth-order valence-electron chi connectivity index (χ4n) is 3.75. The second-order valence-corrected chi connectivity index (χ2v) is 6.76. The standard InChI is InChI=1S/C19H23F3N4O/c1-23-18(27)17-9-8-15(25(17)2)16-7-3-4-11-26(16)12-14-13(19(20,21)22)6-5-10-24-14/h5-6,8-10,16H,3-4,7,11-12H2,1-2H3,(H,23,27). The van der Waals surface area contributed by atoms with Gasteiger partial charge in [0.25, 0.3) is 5.91 Å². The van der Waals surface area contributed by atoms with Crippen molar-refractivity contribution in [3.63, 3.8) is 0 Å². The highest BCUT2D eigenvalue weighted by Gasteiger charge is 2.35. The third-order valence-electron chi connectivity index (χ3n) is 5.12. The molecule has 27 heavy (non-hydrogen) atoms. The quantitative estimate of drug-likeness (QED) is 0.883. The summed E-state index contributed by atoms with van der Waals surface area (Å²) in [6.07, 6.45) is -0.269. The van der Waals surface area contributed by atoms with Crippen LogP contribution in [0.15, 0.2) is 30.5 Å². The zero-order valence-corrected chi connectivity index (χ0v) is 15.4. The Hall–Kier alpha value is -2.35. The maximum Gasteiger partial charge on any atom is 0.418 e. The summed E-state index contributed by atoms with van der Waals surface area (Å²) in [7, 11) is 3.39. The first kappa shape index (κ1) is 19.4. The molecular formula is C19H23F3N4O. The number of nitrogens with one attached hydrogen (secondary N) is 1. The highest BCUT2D eigenvalue weighted by Crippen LogP contribution is 2.36. The number of pyridine rings is 1. The summed E-state index contributed by atoms with van der Waals surface area (Å²) in [4.78, 5) is 18.0. The van der Waals surface area contributed by atoms with Crippen molar-refractivity contribution in [1.29, 1.82) is 0 Å². The average Bonchev–Trinajstić information content (AvgIpc) is 3.02. The van der Waals surface area contributed by atoms with Gasteiger partial charge in [-0.15, -0.1) is 0 Å². The van der Waals surface area contributed by atoms with Crippen molar-refractivity contribution in [1.82, 2.24) is 19.8 Å². The van der Waals surface area contributed by atoms with Gasteiger partial charge in [0.05, 0.1) is 17.3 Å². The molecule has 2 aromatic heterocycles. The number of halogens is 3. The lowest BCUT2D eigenvalue weighted by molar-refractivity contribution is -0.138. The molecular weight excluding hydrogens is 357 g/mol. The summed E-state index contributed by atoms with van der Waals surface area (Å²) in [5.74, 6) is -0.185. The molecule has 1 fully saturated rings. The van der Waals surface area contributed by atoms with Crippen molar-refractivity contribution in [2.75, 3.05) is 13.6 Å². The summed E-state index contributed by atoms with van der Waals surface area (Å²) in [5, 5.41) is 2.61. The number of amides is 1. The van der Waals surface area contributed by atoms with Crippen LogP contribution in [-0.4, -0.2) is 34.0 Å². The Labute approximate surface area is 156 Å². The van der Waals surface area contributed by atoms with E-state index in [1.54, 1.807) is 13.1 Å². The van der Waals surface area contributed by atoms with E-state index in [-0.39, 0.29) is 24.2 Å². The van der Waals surface area contributed by atoms with Crippen molar-refractivity contribution in [2.24, 2.45) is 7.05 Å². The molecule has 0 spiro atoms. The second kappa shape index (κ2) is 7.72. The minimum Gasteiger partial charge on any atom is -0.354 e. The van der Waals surface area contributed by atoms with Crippen LogP contribution in [0, 0.1) is 0 Å². The van der Waals surface area contributed by atoms with Crippen LogP contribution in [-0.2, 0) is 19.8 Å². The van der Waals surface area contributed by atoms with Crippen LogP contribution in [0.1, 0.15) is 52.7 Å². The summed E-state index contributed by atoms with van der Waals surface area (Å²) in [6.45, 7) is 0.819. The first-order chi connectivity index (χ1) is 12.8. The predicted octanol–water partition coefficient (Wildman–Crippen LogP) is 3.53. The average molecular weight is 380 g/mol. The molecule has 1 atom stereocenters. The molecule has 1 unspecified atom stereocenters. The molecule has 0 bridgehead atoms. The molecule has 1 saturated heterocycles. The van der Waals surface area contributed by atoms with E-state index in [0.717, 1.165) is 31.0 Å². The number of nitrogens with zero attached hydrogens (tertiary/aromatic N) is 3. The Morgan fingerprint density at radius 1 is 1.30 bits per heavy atom. The van der Waals surface area contributed by atoms with Crippen molar-refractivity contribution in [3.05, 3.63) is 53.1 Å². The van der Waals surface area contributed by atoms with Crippen molar-refractivity contribution in [3.8, 4) is 0 Å².